The van der Waals surface area contributed by atoms with Crippen molar-refractivity contribution in [1.29, 1.82) is 0 Å². The summed E-state index contributed by atoms with van der Waals surface area (Å²) in [5.74, 6) is -1.04. The number of carbonyl (C=O) groups excluding carboxylic acids is 2. The quantitative estimate of drug-likeness (QED) is 0.210. The van der Waals surface area contributed by atoms with E-state index in [0.717, 1.165) is 22.7 Å². The number of halogens is 4. The highest BCUT2D eigenvalue weighted by Gasteiger charge is 2.33. The van der Waals surface area contributed by atoms with Crippen LogP contribution in [0, 0.1) is 6.92 Å². The number of nitrogens with zero attached hydrogens (tertiary/aromatic N) is 2. The second-order valence-corrected chi connectivity index (χ2v) is 13.0. The van der Waals surface area contributed by atoms with Crippen molar-refractivity contribution >= 4 is 73.9 Å². The number of hydrogen-bond acceptors (Lipinski definition) is 4. The van der Waals surface area contributed by atoms with Crippen molar-refractivity contribution in [3.05, 3.63) is 91.9 Å². The summed E-state index contributed by atoms with van der Waals surface area (Å²) < 4.78 is 28.8. The Labute approximate surface area is 261 Å². The molecule has 0 aliphatic rings. The first-order chi connectivity index (χ1) is 19.3. The van der Waals surface area contributed by atoms with Crippen molar-refractivity contribution in [1.82, 2.24) is 10.2 Å². The van der Waals surface area contributed by atoms with Gasteiger partial charge in [-0.25, -0.2) is 8.42 Å². The number of hydrogen-bond donors (Lipinski definition) is 1. The molecule has 7 nitrogen and oxygen atoms in total. The van der Waals surface area contributed by atoms with Gasteiger partial charge in [0.05, 0.1) is 15.6 Å². The van der Waals surface area contributed by atoms with Crippen LogP contribution < -0.4 is 9.62 Å². The fourth-order valence-corrected chi connectivity index (χ4v) is 6.31. The summed E-state index contributed by atoms with van der Waals surface area (Å²) in [5, 5.41) is 3.86. The van der Waals surface area contributed by atoms with Crippen molar-refractivity contribution in [2.45, 2.75) is 51.1 Å². The van der Waals surface area contributed by atoms with Crippen molar-refractivity contribution in [3.63, 3.8) is 0 Å². The summed E-state index contributed by atoms with van der Waals surface area (Å²) in [6.45, 7) is 5.12. The van der Waals surface area contributed by atoms with E-state index in [-0.39, 0.29) is 33.1 Å². The van der Waals surface area contributed by atoms with Gasteiger partial charge in [-0.05, 0) is 68.3 Å². The van der Waals surface area contributed by atoms with Crippen LogP contribution >= 0.6 is 46.4 Å². The largest absolute Gasteiger partial charge is 0.354 e. The molecule has 0 saturated carbocycles. The second kappa shape index (κ2) is 14.6. The van der Waals surface area contributed by atoms with Gasteiger partial charge in [0, 0.05) is 28.2 Å². The number of nitrogens with one attached hydrogen (secondary N) is 1. The minimum atomic E-state index is -4.29. The molecule has 3 rings (SSSR count). The Balaban J connectivity index is 2.06. The average molecular weight is 659 g/mol. The maximum absolute atomic E-state index is 14.0. The van der Waals surface area contributed by atoms with E-state index in [1.165, 1.54) is 41.3 Å². The molecule has 0 aliphatic carbocycles. The van der Waals surface area contributed by atoms with Crippen molar-refractivity contribution in [2.24, 2.45) is 0 Å². The molecule has 1 unspecified atom stereocenters. The summed E-state index contributed by atoms with van der Waals surface area (Å²) in [6, 6.07) is 14.4. The maximum atomic E-state index is 14.0. The van der Waals surface area contributed by atoms with Gasteiger partial charge in [-0.2, -0.15) is 0 Å². The molecule has 220 valence electrons. The van der Waals surface area contributed by atoms with Crippen LogP contribution in [0.2, 0.25) is 20.1 Å². The molecule has 12 heteroatoms. The lowest BCUT2D eigenvalue weighted by Crippen LogP contribution is -2.51. The van der Waals surface area contributed by atoms with Crippen molar-refractivity contribution < 1.29 is 18.0 Å². The number of rotatable bonds is 12. The lowest BCUT2D eigenvalue weighted by Gasteiger charge is -2.32. The van der Waals surface area contributed by atoms with E-state index < -0.39 is 28.5 Å². The Hall–Kier alpha value is -2.49. The zero-order valence-corrected chi connectivity index (χ0v) is 26.7. The van der Waals surface area contributed by atoms with Gasteiger partial charge in [0.2, 0.25) is 11.8 Å². The van der Waals surface area contributed by atoms with Gasteiger partial charge in [0.1, 0.15) is 12.6 Å². The monoisotopic (exact) mass is 657 g/mol. The van der Waals surface area contributed by atoms with Crippen LogP contribution in [0.4, 0.5) is 5.69 Å². The molecule has 0 fully saturated rings. The van der Waals surface area contributed by atoms with Crippen molar-refractivity contribution in [2.75, 3.05) is 17.4 Å². The van der Waals surface area contributed by atoms with Crippen LogP contribution in [0.3, 0.4) is 0 Å². The van der Waals surface area contributed by atoms with Crippen LogP contribution in [0.25, 0.3) is 0 Å². The lowest BCUT2D eigenvalue weighted by molar-refractivity contribution is -0.139. The first-order valence-corrected chi connectivity index (χ1v) is 15.9. The Kier molecular flexibility index (Phi) is 11.8. The fraction of sp³-hybridized carbons (Fsp3) is 0.310. The highest BCUT2D eigenvalue weighted by Crippen LogP contribution is 2.33. The molecular formula is C29H31Cl4N3O4S. The third-order valence-electron chi connectivity index (χ3n) is 6.42. The number of carbonyl (C=O) groups is 2. The molecule has 3 aromatic carbocycles. The van der Waals surface area contributed by atoms with Gasteiger partial charge in [0.25, 0.3) is 10.0 Å². The Morgan fingerprint density at radius 1 is 0.902 bits per heavy atom. The van der Waals surface area contributed by atoms with Crippen LogP contribution in [-0.2, 0) is 26.2 Å². The lowest BCUT2D eigenvalue weighted by atomic mass is 10.1. The standard InChI is InChI=1S/C29H31Cl4N3O4S/c1-4-5-14-34-29(38)20(3)35(17-21-8-9-22(30)15-26(21)33)28(37)18-36(27-16-23(31)10-13-25(27)32)41(39,40)24-11-6-19(2)7-12-24/h6-13,15-16,20H,4-5,14,17-18H2,1-3H3,(H,34,38). The number of benzene rings is 3. The topological polar surface area (TPSA) is 86.8 Å². The smallest absolute Gasteiger partial charge is 0.264 e. The van der Waals surface area contributed by atoms with Crippen LogP contribution in [0.1, 0.15) is 37.8 Å². The van der Waals surface area contributed by atoms with E-state index in [1.807, 2.05) is 13.8 Å². The van der Waals surface area contributed by atoms with Crippen LogP contribution in [0.5, 0.6) is 0 Å². The Bertz CT molecular complexity index is 1500. The first kappa shape index (κ1) is 33.0. The highest BCUT2D eigenvalue weighted by atomic mass is 35.5. The molecular weight excluding hydrogens is 628 g/mol. The summed E-state index contributed by atoms with van der Waals surface area (Å²) in [4.78, 5) is 28.3. The molecule has 0 spiro atoms. The van der Waals surface area contributed by atoms with Gasteiger partial charge in [-0.1, -0.05) is 83.5 Å². The van der Waals surface area contributed by atoms with Gasteiger partial charge in [0.15, 0.2) is 0 Å². The fourth-order valence-electron chi connectivity index (χ4n) is 3.98. The van der Waals surface area contributed by atoms with Gasteiger partial charge < -0.3 is 10.2 Å². The minimum absolute atomic E-state index is 0.0256. The van der Waals surface area contributed by atoms with Crippen LogP contribution in [-0.4, -0.2) is 44.3 Å². The van der Waals surface area contributed by atoms with E-state index in [0.29, 0.717) is 22.2 Å². The molecule has 2 amide bonds. The summed E-state index contributed by atoms with van der Waals surface area (Å²) >= 11 is 25.1. The number of unbranched alkanes of at least 4 members (excludes halogenated alkanes) is 1. The summed E-state index contributed by atoms with van der Waals surface area (Å²) in [5.41, 5.74) is 1.42. The predicted octanol–water partition coefficient (Wildman–Crippen LogP) is 7.14. The second-order valence-electron chi connectivity index (χ2n) is 9.50. The van der Waals surface area contributed by atoms with E-state index in [1.54, 1.807) is 31.2 Å². The number of anilines is 1. The van der Waals surface area contributed by atoms with Gasteiger partial charge >= 0.3 is 0 Å². The third-order valence-corrected chi connectivity index (χ3v) is 9.33. The molecule has 1 N–H and O–H groups in total. The van der Waals surface area contributed by atoms with E-state index >= 15 is 0 Å². The van der Waals surface area contributed by atoms with Gasteiger partial charge in [-0.3, -0.25) is 13.9 Å². The minimum Gasteiger partial charge on any atom is -0.354 e. The van der Waals surface area contributed by atoms with E-state index in [9.17, 15) is 18.0 Å². The van der Waals surface area contributed by atoms with Gasteiger partial charge in [-0.15, -0.1) is 0 Å². The number of amides is 2. The SMILES string of the molecule is CCCCNC(=O)C(C)N(Cc1ccc(Cl)cc1Cl)C(=O)CN(c1cc(Cl)ccc1Cl)S(=O)(=O)c1ccc(C)cc1. The zero-order chi connectivity index (χ0) is 30.3. The van der Waals surface area contributed by atoms with E-state index in [4.69, 9.17) is 46.4 Å². The average Bonchev–Trinajstić information content (AvgIpc) is 2.92. The highest BCUT2D eigenvalue weighted by molar-refractivity contribution is 7.92. The Morgan fingerprint density at radius 3 is 2.17 bits per heavy atom. The molecule has 3 aromatic rings. The molecule has 0 aromatic heterocycles. The molecule has 1 atom stereocenters. The molecule has 0 radical (unpaired) electrons. The Morgan fingerprint density at radius 2 is 1.54 bits per heavy atom. The number of sulfonamides is 1. The predicted molar refractivity (Wildman–Crippen MR) is 167 cm³/mol. The van der Waals surface area contributed by atoms with Crippen molar-refractivity contribution in [3.8, 4) is 0 Å². The normalized spacial score (nSPS) is 12.1. The first-order valence-electron chi connectivity index (χ1n) is 12.9. The molecule has 0 saturated heterocycles. The van der Waals surface area contributed by atoms with Crippen LogP contribution in [0.15, 0.2) is 65.6 Å². The molecule has 0 bridgehead atoms. The summed E-state index contributed by atoms with van der Waals surface area (Å²) in [6.07, 6.45) is 1.65. The third kappa shape index (κ3) is 8.52. The van der Waals surface area contributed by atoms with E-state index in [2.05, 4.69) is 5.32 Å². The number of aryl methyl sites for hydroxylation is 1. The zero-order valence-electron chi connectivity index (χ0n) is 22.8. The molecule has 0 heterocycles. The maximum Gasteiger partial charge on any atom is 0.264 e. The molecule has 41 heavy (non-hydrogen) atoms. The molecule has 0 aliphatic heterocycles. The summed E-state index contributed by atoms with van der Waals surface area (Å²) in [7, 11) is -4.29.